The molecule has 0 aliphatic carbocycles. The molecule has 0 N–H and O–H groups in total. The summed E-state index contributed by atoms with van der Waals surface area (Å²) in [6, 6.07) is 5.60. The van der Waals surface area contributed by atoms with Crippen molar-refractivity contribution in [3.05, 3.63) is 41.9 Å². The van der Waals surface area contributed by atoms with Crippen LogP contribution in [0.15, 0.2) is 36.8 Å². The number of carbonyl (C=O) groups is 1. The lowest BCUT2D eigenvalue weighted by molar-refractivity contribution is -0.130. The Bertz CT molecular complexity index is 980. The second-order valence-electron chi connectivity index (χ2n) is 7.09. The van der Waals surface area contributed by atoms with Crippen molar-refractivity contribution < 1.29 is 4.79 Å². The van der Waals surface area contributed by atoms with Crippen molar-refractivity contribution in [3.63, 3.8) is 0 Å². The van der Waals surface area contributed by atoms with E-state index in [2.05, 4.69) is 20.0 Å². The first-order valence-electron chi connectivity index (χ1n) is 9.51. The second kappa shape index (κ2) is 8.24. The van der Waals surface area contributed by atoms with E-state index in [9.17, 15) is 4.79 Å². The molecule has 4 heterocycles. The highest BCUT2D eigenvalue weighted by atomic mass is 35.5. The van der Waals surface area contributed by atoms with E-state index in [-0.39, 0.29) is 5.91 Å². The monoisotopic (exact) mass is 398 g/mol. The van der Waals surface area contributed by atoms with Crippen molar-refractivity contribution in [1.29, 1.82) is 0 Å². The molecule has 0 bridgehead atoms. The summed E-state index contributed by atoms with van der Waals surface area (Å²) in [6.45, 7) is 7.06. The molecule has 146 valence electrons. The van der Waals surface area contributed by atoms with Gasteiger partial charge in [0.05, 0.1) is 17.2 Å². The number of carbonyl (C=O) groups excluding carboxylic acids is 1. The summed E-state index contributed by atoms with van der Waals surface area (Å²) in [5, 5.41) is 4.94. The van der Waals surface area contributed by atoms with E-state index < -0.39 is 0 Å². The van der Waals surface area contributed by atoms with Gasteiger partial charge in [0.2, 0.25) is 5.91 Å². The molecule has 0 saturated carbocycles. The van der Waals surface area contributed by atoms with Gasteiger partial charge in [-0.15, -0.1) is 0 Å². The maximum absolute atomic E-state index is 11.4. The van der Waals surface area contributed by atoms with Crippen LogP contribution in [0, 0.1) is 0 Å². The Kier molecular flexibility index (Phi) is 5.54. The molecule has 7 nitrogen and oxygen atoms in total. The third-order valence-electron chi connectivity index (χ3n) is 5.15. The first-order valence-corrected chi connectivity index (χ1v) is 9.89. The summed E-state index contributed by atoms with van der Waals surface area (Å²) in [5.41, 5.74) is 3.60. The van der Waals surface area contributed by atoms with Crippen LogP contribution in [-0.2, 0) is 11.3 Å². The molecule has 4 rings (SSSR count). The molecule has 0 spiro atoms. The number of hydrogen-bond acceptors (Lipinski definition) is 5. The predicted octanol–water partition coefficient (Wildman–Crippen LogP) is 2.70. The molecule has 1 aliphatic heterocycles. The van der Waals surface area contributed by atoms with Crippen LogP contribution in [0.4, 0.5) is 0 Å². The van der Waals surface area contributed by atoms with Gasteiger partial charge in [-0.2, -0.15) is 5.10 Å². The highest BCUT2D eigenvalue weighted by Crippen LogP contribution is 2.22. The lowest BCUT2D eigenvalue weighted by atomic mass is 10.1. The first kappa shape index (κ1) is 18.8. The molecule has 0 atom stereocenters. The number of pyridine rings is 2. The Hall–Kier alpha value is -2.51. The van der Waals surface area contributed by atoms with Gasteiger partial charge in [-0.25, -0.2) is 4.98 Å². The summed E-state index contributed by atoms with van der Waals surface area (Å²) < 4.78 is 1.97. The minimum Gasteiger partial charge on any atom is -0.340 e. The Labute approximate surface area is 168 Å². The van der Waals surface area contributed by atoms with Gasteiger partial charge < -0.3 is 4.90 Å². The largest absolute Gasteiger partial charge is 0.340 e. The molecule has 0 aromatic carbocycles. The van der Waals surface area contributed by atoms with Crippen molar-refractivity contribution in [2.45, 2.75) is 19.9 Å². The van der Waals surface area contributed by atoms with Crippen molar-refractivity contribution in [3.8, 4) is 11.1 Å². The highest BCUT2D eigenvalue weighted by molar-refractivity contribution is 6.29. The van der Waals surface area contributed by atoms with Crippen LogP contribution in [0.1, 0.15) is 13.3 Å². The Morgan fingerprint density at radius 2 is 1.89 bits per heavy atom. The molecule has 0 unspecified atom stereocenters. The van der Waals surface area contributed by atoms with E-state index >= 15 is 0 Å². The predicted molar refractivity (Wildman–Crippen MR) is 109 cm³/mol. The normalized spacial score (nSPS) is 15.3. The molecule has 0 radical (unpaired) electrons. The Morgan fingerprint density at radius 1 is 1.07 bits per heavy atom. The van der Waals surface area contributed by atoms with Crippen LogP contribution < -0.4 is 0 Å². The minimum absolute atomic E-state index is 0.171. The summed E-state index contributed by atoms with van der Waals surface area (Å²) in [5.74, 6) is 0.171. The van der Waals surface area contributed by atoms with Crippen LogP contribution >= 0.6 is 11.6 Å². The van der Waals surface area contributed by atoms with Crippen molar-refractivity contribution >= 4 is 28.5 Å². The fourth-order valence-electron chi connectivity index (χ4n) is 3.52. The molecule has 3 aromatic heterocycles. The van der Waals surface area contributed by atoms with Gasteiger partial charge in [-0.1, -0.05) is 11.6 Å². The fourth-order valence-corrected chi connectivity index (χ4v) is 3.67. The quantitative estimate of drug-likeness (QED) is 0.618. The first-order chi connectivity index (χ1) is 13.6. The number of piperazine rings is 1. The van der Waals surface area contributed by atoms with Crippen molar-refractivity contribution in [2.24, 2.45) is 0 Å². The molecule has 8 heteroatoms. The van der Waals surface area contributed by atoms with Crippen LogP contribution in [0.3, 0.4) is 0 Å². The molecular formula is C20H23ClN6O. The van der Waals surface area contributed by atoms with Gasteiger partial charge in [-0.05, 0) is 24.6 Å². The van der Waals surface area contributed by atoms with Gasteiger partial charge in [0.1, 0.15) is 5.15 Å². The lowest BCUT2D eigenvalue weighted by Crippen LogP contribution is -2.48. The average Bonchev–Trinajstić information content (AvgIpc) is 3.17. The number of fused-ring (bicyclic) bond motifs is 1. The van der Waals surface area contributed by atoms with Gasteiger partial charge in [-0.3, -0.25) is 19.4 Å². The summed E-state index contributed by atoms with van der Waals surface area (Å²) in [7, 11) is 0. The van der Waals surface area contributed by atoms with Gasteiger partial charge in [0.15, 0.2) is 0 Å². The van der Waals surface area contributed by atoms with Crippen LogP contribution in [0.25, 0.3) is 22.2 Å². The van der Waals surface area contributed by atoms with Gasteiger partial charge in [0, 0.05) is 69.7 Å². The number of amides is 1. The summed E-state index contributed by atoms with van der Waals surface area (Å²) in [6.07, 6.45) is 6.77. The highest BCUT2D eigenvalue weighted by Gasteiger charge is 2.17. The molecule has 1 aliphatic rings. The second-order valence-corrected chi connectivity index (χ2v) is 7.48. The SMILES string of the molecule is CC(=O)N1CCN(CCCn2cc(-c3cnc4ccc(Cl)nc4c3)cn2)CC1. The van der Waals surface area contributed by atoms with E-state index in [0.717, 1.165) is 67.8 Å². The zero-order valence-corrected chi connectivity index (χ0v) is 16.6. The standard InChI is InChI=1S/C20H23ClN6O/c1-15(28)26-9-7-25(8-10-26)5-2-6-27-14-17(13-23-27)16-11-19-18(22-12-16)3-4-20(21)24-19/h3-4,11-14H,2,5-10H2,1H3. The Morgan fingerprint density at radius 3 is 2.68 bits per heavy atom. The van der Waals surface area contributed by atoms with Gasteiger partial charge >= 0.3 is 0 Å². The lowest BCUT2D eigenvalue weighted by Gasteiger charge is -2.34. The molecule has 1 saturated heterocycles. The number of aryl methyl sites for hydroxylation is 1. The molecule has 3 aromatic rings. The summed E-state index contributed by atoms with van der Waals surface area (Å²) in [4.78, 5) is 24.5. The van der Waals surface area contributed by atoms with E-state index in [1.807, 2.05) is 40.3 Å². The van der Waals surface area contributed by atoms with E-state index in [1.165, 1.54) is 0 Å². The van der Waals surface area contributed by atoms with E-state index in [1.54, 1.807) is 13.0 Å². The fraction of sp³-hybridized carbons (Fsp3) is 0.400. The van der Waals surface area contributed by atoms with Crippen LogP contribution in [0.2, 0.25) is 5.15 Å². The molecule has 28 heavy (non-hydrogen) atoms. The number of aromatic nitrogens is 4. The number of hydrogen-bond donors (Lipinski definition) is 0. The summed E-state index contributed by atoms with van der Waals surface area (Å²) >= 11 is 5.99. The van der Waals surface area contributed by atoms with Crippen molar-refractivity contribution in [2.75, 3.05) is 32.7 Å². The van der Waals surface area contributed by atoms with E-state index in [0.29, 0.717) is 5.15 Å². The minimum atomic E-state index is 0.171. The number of halogens is 1. The zero-order valence-electron chi connectivity index (χ0n) is 15.9. The maximum atomic E-state index is 11.4. The van der Waals surface area contributed by atoms with Crippen molar-refractivity contribution in [1.82, 2.24) is 29.5 Å². The molecular weight excluding hydrogens is 376 g/mol. The third-order valence-corrected chi connectivity index (χ3v) is 5.36. The third kappa shape index (κ3) is 4.31. The van der Waals surface area contributed by atoms with E-state index in [4.69, 9.17) is 11.6 Å². The zero-order chi connectivity index (χ0) is 19.5. The maximum Gasteiger partial charge on any atom is 0.219 e. The topological polar surface area (TPSA) is 67.2 Å². The smallest absolute Gasteiger partial charge is 0.219 e. The van der Waals surface area contributed by atoms with Gasteiger partial charge in [0.25, 0.3) is 0 Å². The average molecular weight is 399 g/mol. The molecule has 1 fully saturated rings. The number of rotatable bonds is 5. The van der Waals surface area contributed by atoms with Crippen LogP contribution in [0.5, 0.6) is 0 Å². The van der Waals surface area contributed by atoms with Crippen LogP contribution in [-0.4, -0.2) is 68.2 Å². The molecule has 1 amide bonds. The Balaban J connectivity index is 1.33. The number of nitrogens with zero attached hydrogens (tertiary/aromatic N) is 6.